The van der Waals surface area contributed by atoms with E-state index in [0.29, 0.717) is 0 Å². The van der Waals surface area contributed by atoms with Gasteiger partial charge in [-0.2, -0.15) is 0 Å². The summed E-state index contributed by atoms with van der Waals surface area (Å²) in [4.78, 5) is 0. The Hall–Kier alpha value is -0.860. The molecule has 0 saturated heterocycles. The maximum absolute atomic E-state index is 10.2. The van der Waals surface area contributed by atoms with Crippen molar-refractivity contribution in [3.63, 3.8) is 0 Å². The van der Waals surface area contributed by atoms with Crippen molar-refractivity contribution in [2.75, 3.05) is 6.61 Å². The van der Waals surface area contributed by atoms with Gasteiger partial charge in [-0.1, -0.05) is 50.6 Å². The molecule has 2 atom stereocenters. The molecule has 0 saturated carbocycles. The van der Waals surface area contributed by atoms with E-state index in [1.54, 1.807) is 0 Å². The van der Waals surface area contributed by atoms with E-state index in [1.165, 1.54) is 0 Å². The molecular weight excluding hydrogens is 188 g/mol. The molecule has 1 aromatic rings. The Morgan fingerprint density at radius 2 is 1.87 bits per heavy atom. The van der Waals surface area contributed by atoms with Crippen LogP contribution < -0.4 is 0 Å². The maximum Gasteiger partial charge on any atom is 0.0865 e. The second-order valence-electron chi connectivity index (χ2n) is 4.38. The van der Waals surface area contributed by atoms with Gasteiger partial charge in [-0.25, -0.2) is 0 Å². The van der Waals surface area contributed by atoms with E-state index >= 15 is 0 Å². The molecule has 2 N–H and O–H groups in total. The van der Waals surface area contributed by atoms with Crippen molar-refractivity contribution in [1.82, 2.24) is 0 Å². The molecule has 0 heterocycles. The minimum absolute atomic E-state index is 0.0108. The standard InChI is InChI=1S/C13H20O2/c1-3-9-13(2,10-14)12(15)11-7-5-4-6-8-11/h4-8,12,14-15H,3,9-10H2,1-2H3/t12-,13-/m0/s1. The fraction of sp³-hybridized carbons (Fsp3) is 0.538. The molecular formula is C13H20O2. The van der Waals surface area contributed by atoms with Gasteiger partial charge in [0.25, 0.3) is 0 Å². The molecule has 0 bridgehead atoms. The number of hydrogen-bond donors (Lipinski definition) is 2. The zero-order valence-electron chi connectivity index (χ0n) is 9.48. The van der Waals surface area contributed by atoms with Crippen LogP contribution in [0.25, 0.3) is 0 Å². The van der Waals surface area contributed by atoms with Crippen LogP contribution in [0.3, 0.4) is 0 Å². The normalized spacial score (nSPS) is 17.1. The number of aliphatic hydroxyl groups excluding tert-OH is 2. The molecule has 0 fully saturated rings. The van der Waals surface area contributed by atoms with Crippen molar-refractivity contribution in [3.8, 4) is 0 Å². The molecule has 15 heavy (non-hydrogen) atoms. The summed E-state index contributed by atoms with van der Waals surface area (Å²) in [7, 11) is 0. The molecule has 0 amide bonds. The predicted octanol–water partition coefficient (Wildman–Crippen LogP) is 2.52. The fourth-order valence-corrected chi connectivity index (χ4v) is 1.91. The van der Waals surface area contributed by atoms with Gasteiger partial charge in [0.05, 0.1) is 12.7 Å². The molecule has 0 aromatic heterocycles. The third-order valence-electron chi connectivity index (χ3n) is 2.96. The third-order valence-corrected chi connectivity index (χ3v) is 2.96. The van der Waals surface area contributed by atoms with Crippen LogP contribution in [0, 0.1) is 5.41 Å². The first-order valence-corrected chi connectivity index (χ1v) is 5.48. The monoisotopic (exact) mass is 208 g/mol. The van der Waals surface area contributed by atoms with Gasteiger partial charge in [0.2, 0.25) is 0 Å². The quantitative estimate of drug-likeness (QED) is 0.780. The summed E-state index contributed by atoms with van der Waals surface area (Å²) in [6.45, 7) is 4.00. The lowest BCUT2D eigenvalue weighted by Gasteiger charge is -2.32. The molecule has 0 aliphatic heterocycles. The number of rotatable bonds is 5. The zero-order chi connectivity index (χ0) is 11.3. The van der Waals surface area contributed by atoms with Crippen LogP contribution in [-0.2, 0) is 0 Å². The van der Waals surface area contributed by atoms with Crippen LogP contribution in [-0.4, -0.2) is 16.8 Å². The highest BCUT2D eigenvalue weighted by Gasteiger charge is 2.32. The van der Waals surface area contributed by atoms with Gasteiger partial charge >= 0.3 is 0 Å². The van der Waals surface area contributed by atoms with Crippen LogP contribution in [0.15, 0.2) is 30.3 Å². The second kappa shape index (κ2) is 5.29. The topological polar surface area (TPSA) is 40.5 Å². The van der Waals surface area contributed by atoms with E-state index in [0.717, 1.165) is 18.4 Å². The van der Waals surface area contributed by atoms with Gasteiger partial charge in [-0.15, -0.1) is 0 Å². The summed E-state index contributed by atoms with van der Waals surface area (Å²) in [5.74, 6) is 0. The highest BCUT2D eigenvalue weighted by molar-refractivity contribution is 5.19. The summed E-state index contributed by atoms with van der Waals surface area (Å²) in [6, 6.07) is 9.53. The maximum atomic E-state index is 10.2. The van der Waals surface area contributed by atoms with Crippen LogP contribution in [0.4, 0.5) is 0 Å². The third kappa shape index (κ3) is 2.80. The molecule has 0 spiro atoms. The lowest BCUT2D eigenvalue weighted by molar-refractivity contribution is -0.0132. The molecule has 0 aliphatic carbocycles. The summed E-state index contributed by atoms with van der Waals surface area (Å²) in [6.07, 6.45) is 1.18. The van der Waals surface area contributed by atoms with Gasteiger partial charge in [-0.3, -0.25) is 0 Å². The van der Waals surface area contributed by atoms with E-state index in [2.05, 4.69) is 6.92 Å². The van der Waals surface area contributed by atoms with Crippen LogP contribution in [0.5, 0.6) is 0 Å². The average molecular weight is 208 g/mol. The first-order valence-electron chi connectivity index (χ1n) is 5.48. The van der Waals surface area contributed by atoms with Crippen molar-refractivity contribution in [1.29, 1.82) is 0 Å². The van der Waals surface area contributed by atoms with Gasteiger partial charge in [0, 0.05) is 5.41 Å². The van der Waals surface area contributed by atoms with E-state index in [4.69, 9.17) is 0 Å². The molecule has 2 nitrogen and oxygen atoms in total. The van der Waals surface area contributed by atoms with Crippen LogP contribution in [0.2, 0.25) is 0 Å². The molecule has 1 rings (SSSR count). The van der Waals surface area contributed by atoms with Gasteiger partial charge in [-0.05, 0) is 12.0 Å². The summed E-state index contributed by atoms with van der Waals surface area (Å²) < 4.78 is 0. The van der Waals surface area contributed by atoms with Gasteiger partial charge in [0.1, 0.15) is 0 Å². The second-order valence-corrected chi connectivity index (χ2v) is 4.38. The van der Waals surface area contributed by atoms with E-state index in [-0.39, 0.29) is 6.61 Å². The molecule has 0 radical (unpaired) electrons. The molecule has 2 heteroatoms. The molecule has 84 valence electrons. The molecule has 0 unspecified atom stereocenters. The number of hydrogen-bond acceptors (Lipinski definition) is 2. The molecule has 1 aromatic carbocycles. The Bertz CT molecular complexity index is 284. The Balaban J connectivity index is 2.86. The predicted molar refractivity (Wildman–Crippen MR) is 61.5 cm³/mol. The molecule has 0 aliphatic rings. The number of benzene rings is 1. The average Bonchev–Trinajstić information content (AvgIpc) is 2.29. The van der Waals surface area contributed by atoms with Crippen molar-refractivity contribution in [3.05, 3.63) is 35.9 Å². The van der Waals surface area contributed by atoms with Gasteiger partial charge < -0.3 is 10.2 Å². The highest BCUT2D eigenvalue weighted by Crippen LogP contribution is 2.37. The van der Waals surface area contributed by atoms with Gasteiger partial charge in [0.15, 0.2) is 0 Å². The summed E-state index contributed by atoms with van der Waals surface area (Å²) in [5, 5.41) is 19.6. The smallest absolute Gasteiger partial charge is 0.0865 e. The Morgan fingerprint density at radius 3 is 2.33 bits per heavy atom. The number of aliphatic hydroxyl groups is 2. The SMILES string of the molecule is CCC[C@@](C)(CO)[C@@H](O)c1ccccc1. The van der Waals surface area contributed by atoms with E-state index < -0.39 is 11.5 Å². The Kier molecular flexibility index (Phi) is 4.30. The zero-order valence-corrected chi connectivity index (χ0v) is 9.48. The Morgan fingerprint density at radius 1 is 1.27 bits per heavy atom. The van der Waals surface area contributed by atoms with E-state index in [1.807, 2.05) is 37.3 Å². The largest absolute Gasteiger partial charge is 0.396 e. The van der Waals surface area contributed by atoms with Crippen molar-refractivity contribution >= 4 is 0 Å². The first kappa shape index (κ1) is 12.2. The minimum atomic E-state index is -0.594. The van der Waals surface area contributed by atoms with Crippen molar-refractivity contribution in [2.45, 2.75) is 32.8 Å². The van der Waals surface area contributed by atoms with Crippen molar-refractivity contribution < 1.29 is 10.2 Å². The van der Waals surface area contributed by atoms with E-state index in [9.17, 15) is 10.2 Å². The van der Waals surface area contributed by atoms with Crippen molar-refractivity contribution in [2.24, 2.45) is 5.41 Å². The first-order chi connectivity index (χ1) is 7.14. The van der Waals surface area contributed by atoms with Crippen LogP contribution >= 0.6 is 0 Å². The fourth-order valence-electron chi connectivity index (χ4n) is 1.91. The highest BCUT2D eigenvalue weighted by atomic mass is 16.3. The summed E-state index contributed by atoms with van der Waals surface area (Å²) >= 11 is 0. The Labute approximate surface area is 91.6 Å². The van der Waals surface area contributed by atoms with Crippen LogP contribution in [0.1, 0.15) is 38.4 Å². The lowest BCUT2D eigenvalue weighted by atomic mass is 9.78. The lowest BCUT2D eigenvalue weighted by Crippen LogP contribution is -2.29. The minimum Gasteiger partial charge on any atom is -0.396 e. The summed E-state index contributed by atoms with van der Waals surface area (Å²) in [5.41, 5.74) is 0.443.